The summed E-state index contributed by atoms with van der Waals surface area (Å²) < 4.78 is 14.3. The van der Waals surface area contributed by atoms with E-state index in [0.29, 0.717) is 37.7 Å². The lowest BCUT2D eigenvalue weighted by molar-refractivity contribution is -0.117. The molecule has 0 bridgehead atoms. The Morgan fingerprint density at radius 3 is 2.41 bits per heavy atom. The normalized spacial score (nSPS) is 18.2. The number of carbonyl (C=O) groups is 2. The van der Waals surface area contributed by atoms with Gasteiger partial charge in [-0.05, 0) is 48.9 Å². The van der Waals surface area contributed by atoms with Crippen LogP contribution < -0.4 is 4.90 Å². The van der Waals surface area contributed by atoms with Crippen molar-refractivity contribution in [3.05, 3.63) is 65.5 Å². The molecule has 0 atom stereocenters. The molecule has 0 saturated carbocycles. The standard InChI is InChI=1S/C22H23FN2O2/c23-20-9-8-18(25-12-4-7-21(25)26)15-19(20)22(27)24-13-10-17(11-14-24)16-5-2-1-3-6-16/h1-3,5-6,8-9,15,17H,4,7,10-14H2. The van der Waals surface area contributed by atoms with Gasteiger partial charge in [0, 0.05) is 31.7 Å². The van der Waals surface area contributed by atoms with E-state index >= 15 is 0 Å². The highest BCUT2D eigenvalue weighted by atomic mass is 19.1. The summed E-state index contributed by atoms with van der Waals surface area (Å²) in [5.74, 6) is -0.342. The monoisotopic (exact) mass is 366 g/mol. The minimum atomic E-state index is -0.527. The van der Waals surface area contributed by atoms with Gasteiger partial charge in [-0.1, -0.05) is 30.3 Å². The maximum absolute atomic E-state index is 14.3. The molecule has 4 nitrogen and oxygen atoms in total. The molecule has 2 saturated heterocycles. The van der Waals surface area contributed by atoms with Gasteiger partial charge in [0.15, 0.2) is 0 Å². The van der Waals surface area contributed by atoms with Crippen molar-refractivity contribution in [2.45, 2.75) is 31.6 Å². The predicted molar refractivity (Wildman–Crippen MR) is 102 cm³/mol. The zero-order chi connectivity index (χ0) is 18.8. The number of halogens is 1. The van der Waals surface area contributed by atoms with E-state index in [-0.39, 0.29) is 17.4 Å². The predicted octanol–water partition coefficient (Wildman–Crippen LogP) is 3.97. The third-order valence-corrected chi connectivity index (χ3v) is 5.62. The molecule has 2 heterocycles. The Morgan fingerprint density at radius 1 is 1.00 bits per heavy atom. The van der Waals surface area contributed by atoms with Gasteiger partial charge in [0.25, 0.3) is 5.91 Å². The molecule has 0 radical (unpaired) electrons. The van der Waals surface area contributed by atoms with Crippen molar-refractivity contribution in [3.8, 4) is 0 Å². The number of rotatable bonds is 3. The number of carbonyl (C=O) groups excluding carboxylic acids is 2. The van der Waals surface area contributed by atoms with E-state index in [1.165, 1.54) is 17.7 Å². The number of anilines is 1. The van der Waals surface area contributed by atoms with Crippen LogP contribution in [0.4, 0.5) is 10.1 Å². The minimum absolute atomic E-state index is 0.0312. The minimum Gasteiger partial charge on any atom is -0.339 e. The van der Waals surface area contributed by atoms with Crippen molar-refractivity contribution in [2.24, 2.45) is 0 Å². The molecule has 0 N–H and O–H groups in total. The van der Waals surface area contributed by atoms with Crippen molar-refractivity contribution < 1.29 is 14.0 Å². The molecule has 0 aromatic heterocycles. The highest BCUT2D eigenvalue weighted by Crippen LogP contribution is 2.30. The summed E-state index contributed by atoms with van der Waals surface area (Å²) in [5, 5.41) is 0. The van der Waals surface area contributed by atoms with Crippen LogP contribution in [-0.2, 0) is 4.79 Å². The van der Waals surface area contributed by atoms with E-state index < -0.39 is 5.82 Å². The number of hydrogen-bond donors (Lipinski definition) is 0. The van der Waals surface area contributed by atoms with Crippen LogP contribution >= 0.6 is 0 Å². The lowest BCUT2D eigenvalue weighted by Crippen LogP contribution is -2.38. The second-order valence-electron chi connectivity index (χ2n) is 7.29. The topological polar surface area (TPSA) is 40.6 Å². The van der Waals surface area contributed by atoms with Crippen molar-refractivity contribution >= 4 is 17.5 Å². The summed E-state index contributed by atoms with van der Waals surface area (Å²) in [7, 11) is 0. The van der Waals surface area contributed by atoms with Crippen molar-refractivity contribution in [2.75, 3.05) is 24.5 Å². The number of benzene rings is 2. The molecule has 27 heavy (non-hydrogen) atoms. The molecular weight excluding hydrogens is 343 g/mol. The number of amides is 2. The Labute approximate surface area is 158 Å². The first kappa shape index (κ1) is 17.7. The van der Waals surface area contributed by atoms with Gasteiger partial charge in [-0.3, -0.25) is 9.59 Å². The SMILES string of the molecule is O=C(c1cc(N2CCCC2=O)ccc1F)N1CCC(c2ccccc2)CC1. The van der Waals surface area contributed by atoms with Crippen LogP contribution in [0.3, 0.4) is 0 Å². The fraction of sp³-hybridized carbons (Fsp3) is 0.364. The third kappa shape index (κ3) is 3.59. The van der Waals surface area contributed by atoms with Gasteiger partial charge in [0.05, 0.1) is 5.56 Å². The highest BCUT2D eigenvalue weighted by molar-refractivity contribution is 5.99. The summed E-state index contributed by atoms with van der Waals surface area (Å²) in [5.41, 5.74) is 1.97. The smallest absolute Gasteiger partial charge is 0.256 e. The van der Waals surface area contributed by atoms with E-state index in [2.05, 4.69) is 12.1 Å². The molecule has 4 rings (SSSR count). The first-order valence-electron chi connectivity index (χ1n) is 9.57. The first-order chi connectivity index (χ1) is 13.1. The van der Waals surface area contributed by atoms with Crippen LogP contribution in [0, 0.1) is 5.82 Å². The van der Waals surface area contributed by atoms with E-state index in [1.54, 1.807) is 15.9 Å². The van der Waals surface area contributed by atoms with Crippen molar-refractivity contribution in [1.29, 1.82) is 0 Å². The molecule has 2 aliphatic heterocycles. The molecule has 2 aromatic carbocycles. The second-order valence-corrected chi connectivity index (χ2v) is 7.29. The summed E-state index contributed by atoms with van der Waals surface area (Å²) in [6.07, 6.45) is 3.06. The average Bonchev–Trinajstić information content (AvgIpc) is 3.14. The van der Waals surface area contributed by atoms with Crippen molar-refractivity contribution in [1.82, 2.24) is 4.90 Å². The molecule has 0 aliphatic carbocycles. The largest absolute Gasteiger partial charge is 0.339 e. The number of likely N-dealkylation sites (tertiary alicyclic amines) is 1. The van der Waals surface area contributed by atoms with Crippen LogP contribution in [0.2, 0.25) is 0 Å². The van der Waals surface area contributed by atoms with Gasteiger partial charge in [-0.2, -0.15) is 0 Å². The highest BCUT2D eigenvalue weighted by Gasteiger charge is 2.28. The number of hydrogen-bond acceptors (Lipinski definition) is 2. The molecule has 2 aliphatic rings. The summed E-state index contributed by atoms with van der Waals surface area (Å²) in [6.45, 7) is 1.86. The quantitative estimate of drug-likeness (QED) is 0.825. The Hall–Kier alpha value is -2.69. The van der Waals surface area contributed by atoms with Gasteiger partial charge in [-0.15, -0.1) is 0 Å². The Morgan fingerprint density at radius 2 is 1.74 bits per heavy atom. The molecule has 2 fully saturated rings. The van der Waals surface area contributed by atoms with Crippen LogP contribution in [-0.4, -0.2) is 36.3 Å². The van der Waals surface area contributed by atoms with Crippen LogP contribution in [0.15, 0.2) is 48.5 Å². The zero-order valence-corrected chi connectivity index (χ0v) is 15.2. The first-order valence-corrected chi connectivity index (χ1v) is 9.57. The zero-order valence-electron chi connectivity index (χ0n) is 15.2. The summed E-state index contributed by atoms with van der Waals surface area (Å²) in [4.78, 5) is 28.2. The van der Waals surface area contributed by atoms with Gasteiger partial charge in [0.2, 0.25) is 5.91 Å². The molecule has 0 spiro atoms. The van der Waals surface area contributed by atoms with Gasteiger partial charge in [-0.25, -0.2) is 4.39 Å². The lowest BCUT2D eigenvalue weighted by Gasteiger charge is -2.32. The van der Waals surface area contributed by atoms with E-state index in [0.717, 1.165) is 19.3 Å². The Bertz CT molecular complexity index is 845. The lowest BCUT2D eigenvalue weighted by atomic mass is 9.89. The van der Waals surface area contributed by atoms with Crippen molar-refractivity contribution in [3.63, 3.8) is 0 Å². The fourth-order valence-corrected chi connectivity index (χ4v) is 4.08. The van der Waals surface area contributed by atoms with Crippen LogP contribution in [0.25, 0.3) is 0 Å². The third-order valence-electron chi connectivity index (χ3n) is 5.62. The van der Waals surface area contributed by atoms with E-state index in [1.807, 2.05) is 18.2 Å². The average molecular weight is 366 g/mol. The molecule has 2 aromatic rings. The van der Waals surface area contributed by atoms with Gasteiger partial charge in [0.1, 0.15) is 5.82 Å². The molecule has 140 valence electrons. The number of piperidine rings is 1. The number of nitrogens with zero attached hydrogens (tertiary/aromatic N) is 2. The Kier molecular flexibility index (Phi) is 4.92. The molecular formula is C22H23FN2O2. The fourth-order valence-electron chi connectivity index (χ4n) is 4.08. The maximum Gasteiger partial charge on any atom is 0.256 e. The molecule has 0 unspecified atom stereocenters. The van der Waals surface area contributed by atoms with Gasteiger partial charge >= 0.3 is 0 Å². The summed E-state index contributed by atoms with van der Waals surface area (Å²) >= 11 is 0. The summed E-state index contributed by atoms with van der Waals surface area (Å²) in [6, 6.07) is 14.7. The van der Waals surface area contributed by atoms with Crippen LogP contribution in [0.1, 0.15) is 47.5 Å². The van der Waals surface area contributed by atoms with Gasteiger partial charge < -0.3 is 9.80 Å². The van der Waals surface area contributed by atoms with E-state index in [4.69, 9.17) is 0 Å². The molecule has 2 amide bonds. The second kappa shape index (κ2) is 7.51. The van der Waals surface area contributed by atoms with E-state index in [9.17, 15) is 14.0 Å². The van der Waals surface area contributed by atoms with Crippen LogP contribution in [0.5, 0.6) is 0 Å². The maximum atomic E-state index is 14.3. The molecule has 5 heteroatoms. The Balaban J connectivity index is 1.48.